The van der Waals surface area contributed by atoms with E-state index in [0.29, 0.717) is 11.7 Å². The number of nitro groups is 1. The zero-order chi connectivity index (χ0) is 21.3. The van der Waals surface area contributed by atoms with Crippen LogP contribution in [0.15, 0.2) is 48.5 Å². The smallest absolute Gasteiger partial charge is 0.269 e. The van der Waals surface area contributed by atoms with Crippen molar-refractivity contribution in [1.82, 2.24) is 0 Å². The first-order chi connectivity index (χ1) is 13.7. The third-order valence-corrected chi connectivity index (χ3v) is 6.14. The lowest BCUT2D eigenvalue weighted by Gasteiger charge is -2.21. The van der Waals surface area contributed by atoms with Gasteiger partial charge in [-0.3, -0.25) is 10.1 Å². The molecule has 0 bridgehead atoms. The third kappa shape index (κ3) is 4.02. The van der Waals surface area contributed by atoms with Crippen molar-refractivity contribution in [3.05, 3.63) is 92.0 Å². The molecule has 0 saturated carbocycles. The van der Waals surface area contributed by atoms with Gasteiger partial charge < -0.3 is 5.11 Å². The van der Waals surface area contributed by atoms with E-state index < -0.39 is 0 Å². The number of nitrogens with zero attached hydrogens (tertiary/aromatic N) is 1. The molecule has 29 heavy (non-hydrogen) atoms. The molecule has 0 amide bonds. The quantitative estimate of drug-likeness (QED) is 0.398. The van der Waals surface area contributed by atoms with Crippen LogP contribution in [0.5, 0.6) is 5.75 Å². The van der Waals surface area contributed by atoms with Crippen molar-refractivity contribution in [2.24, 2.45) is 0 Å². The van der Waals surface area contributed by atoms with E-state index in [2.05, 4.69) is 45.0 Å². The fraction of sp³-hybridized carbons (Fsp3) is 0.280. The van der Waals surface area contributed by atoms with Crippen molar-refractivity contribution >= 4 is 5.69 Å². The first-order valence-corrected chi connectivity index (χ1v) is 9.83. The summed E-state index contributed by atoms with van der Waals surface area (Å²) in [7, 11) is 0. The molecule has 0 radical (unpaired) electrons. The summed E-state index contributed by atoms with van der Waals surface area (Å²) < 4.78 is 0. The first-order valence-electron chi connectivity index (χ1n) is 9.83. The molecule has 1 N–H and O–H groups in total. The summed E-state index contributed by atoms with van der Waals surface area (Å²) in [6.07, 6.45) is 0.913. The SMILES string of the molecule is Cc1c(C)c(CC(C)c2ccc(-c3ccc([N+](=O)[O-])cc3)cc2)c(C)c(C)c1O. The average molecular weight is 389 g/mol. The molecule has 0 saturated heterocycles. The van der Waals surface area contributed by atoms with Crippen LogP contribution < -0.4 is 0 Å². The number of nitro benzene ring substituents is 1. The van der Waals surface area contributed by atoms with Crippen molar-refractivity contribution in [3.8, 4) is 16.9 Å². The molecule has 0 aliphatic heterocycles. The van der Waals surface area contributed by atoms with E-state index in [1.165, 1.54) is 34.4 Å². The van der Waals surface area contributed by atoms with E-state index in [4.69, 9.17) is 0 Å². The van der Waals surface area contributed by atoms with Gasteiger partial charge in [0.05, 0.1) is 4.92 Å². The molecule has 4 heteroatoms. The van der Waals surface area contributed by atoms with Crippen LogP contribution in [0, 0.1) is 37.8 Å². The van der Waals surface area contributed by atoms with Gasteiger partial charge in [-0.1, -0.05) is 31.2 Å². The second-order valence-electron chi connectivity index (χ2n) is 7.86. The van der Waals surface area contributed by atoms with Gasteiger partial charge in [0, 0.05) is 12.1 Å². The van der Waals surface area contributed by atoms with Crippen LogP contribution in [0.3, 0.4) is 0 Å². The summed E-state index contributed by atoms with van der Waals surface area (Å²) in [6.45, 7) is 10.3. The lowest BCUT2D eigenvalue weighted by Crippen LogP contribution is -2.05. The van der Waals surface area contributed by atoms with Crippen LogP contribution in [-0.4, -0.2) is 10.0 Å². The maximum absolute atomic E-state index is 10.8. The van der Waals surface area contributed by atoms with Crippen LogP contribution in [0.4, 0.5) is 5.69 Å². The number of rotatable bonds is 5. The highest BCUT2D eigenvalue weighted by molar-refractivity contribution is 5.65. The zero-order valence-corrected chi connectivity index (χ0v) is 17.6. The maximum Gasteiger partial charge on any atom is 0.269 e. The van der Waals surface area contributed by atoms with Crippen molar-refractivity contribution in [1.29, 1.82) is 0 Å². The Morgan fingerprint density at radius 2 is 1.28 bits per heavy atom. The van der Waals surface area contributed by atoms with Gasteiger partial charge in [-0.15, -0.1) is 0 Å². The summed E-state index contributed by atoms with van der Waals surface area (Å²) in [5.41, 5.74) is 8.92. The Labute approximate surface area is 172 Å². The lowest BCUT2D eigenvalue weighted by molar-refractivity contribution is -0.384. The van der Waals surface area contributed by atoms with Gasteiger partial charge in [0.15, 0.2) is 0 Å². The van der Waals surface area contributed by atoms with Crippen LogP contribution in [0.1, 0.15) is 46.2 Å². The maximum atomic E-state index is 10.8. The predicted octanol–water partition coefficient (Wildman–Crippen LogP) is 6.55. The third-order valence-electron chi connectivity index (χ3n) is 6.14. The highest BCUT2D eigenvalue weighted by Gasteiger charge is 2.17. The fourth-order valence-corrected chi connectivity index (χ4v) is 3.88. The molecule has 3 aromatic rings. The second kappa shape index (κ2) is 8.08. The topological polar surface area (TPSA) is 63.4 Å². The molecule has 0 heterocycles. The lowest BCUT2D eigenvalue weighted by atomic mass is 9.85. The van der Waals surface area contributed by atoms with Crippen LogP contribution in [0.2, 0.25) is 0 Å². The second-order valence-corrected chi connectivity index (χ2v) is 7.86. The molecule has 0 aliphatic rings. The summed E-state index contributed by atoms with van der Waals surface area (Å²) in [6, 6.07) is 15.0. The Bertz CT molecular complexity index is 1020. The Morgan fingerprint density at radius 3 is 1.72 bits per heavy atom. The Morgan fingerprint density at radius 1 is 0.828 bits per heavy atom. The number of phenols is 1. The molecule has 3 aromatic carbocycles. The number of non-ortho nitro benzene ring substituents is 1. The minimum Gasteiger partial charge on any atom is -0.507 e. The normalized spacial score (nSPS) is 12.0. The monoisotopic (exact) mass is 389 g/mol. The van der Waals surface area contributed by atoms with Gasteiger partial charge in [-0.2, -0.15) is 0 Å². The first kappa shape index (κ1) is 20.6. The van der Waals surface area contributed by atoms with E-state index in [0.717, 1.165) is 28.7 Å². The van der Waals surface area contributed by atoms with Gasteiger partial charge >= 0.3 is 0 Å². The van der Waals surface area contributed by atoms with Crippen molar-refractivity contribution in [2.75, 3.05) is 0 Å². The molecule has 3 rings (SSSR count). The summed E-state index contributed by atoms with van der Waals surface area (Å²) in [5, 5.41) is 21.1. The highest BCUT2D eigenvalue weighted by atomic mass is 16.6. The largest absolute Gasteiger partial charge is 0.507 e. The molecule has 4 nitrogen and oxygen atoms in total. The number of aromatic hydroxyl groups is 1. The molecule has 0 aromatic heterocycles. The Hall–Kier alpha value is -3.14. The van der Waals surface area contributed by atoms with Gasteiger partial charge in [0.25, 0.3) is 5.69 Å². The summed E-state index contributed by atoms with van der Waals surface area (Å²) in [4.78, 5) is 10.4. The molecule has 0 spiro atoms. The molecular formula is C25H27NO3. The van der Waals surface area contributed by atoms with Gasteiger partial charge in [-0.05, 0) is 96.7 Å². The molecule has 150 valence electrons. The zero-order valence-electron chi connectivity index (χ0n) is 17.6. The van der Waals surface area contributed by atoms with E-state index in [1.807, 2.05) is 13.8 Å². The summed E-state index contributed by atoms with van der Waals surface area (Å²) >= 11 is 0. The highest BCUT2D eigenvalue weighted by Crippen LogP contribution is 2.34. The summed E-state index contributed by atoms with van der Waals surface area (Å²) in [5.74, 6) is 0.741. The molecule has 1 unspecified atom stereocenters. The Balaban J connectivity index is 1.83. The molecule has 0 fully saturated rings. The fourth-order valence-electron chi connectivity index (χ4n) is 3.88. The average Bonchev–Trinajstić information content (AvgIpc) is 2.74. The van der Waals surface area contributed by atoms with Crippen LogP contribution >= 0.6 is 0 Å². The van der Waals surface area contributed by atoms with Gasteiger partial charge in [-0.25, -0.2) is 0 Å². The van der Waals surface area contributed by atoms with Crippen LogP contribution in [0.25, 0.3) is 11.1 Å². The molecule has 1 atom stereocenters. The number of hydrogen-bond acceptors (Lipinski definition) is 3. The van der Waals surface area contributed by atoms with Crippen LogP contribution in [-0.2, 0) is 6.42 Å². The van der Waals surface area contributed by atoms with Crippen molar-refractivity contribution in [2.45, 2.75) is 47.0 Å². The predicted molar refractivity (Wildman–Crippen MR) is 118 cm³/mol. The standard InChI is InChI=1S/C25H27NO3/c1-15(14-24-16(2)18(4)25(27)19(5)17(24)3)20-6-8-21(9-7-20)22-10-12-23(13-11-22)26(28)29/h6-13,15,27H,14H2,1-5H3. The van der Waals surface area contributed by atoms with E-state index in [9.17, 15) is 15.2 Å². The van der Waals surface area contributed by atoms with Crippen molar-refractivity contribution in [3.63, 3.8) is 0 Å². The van der Waals surface area contributed by atoms with E-state index in [1.54, 1.807) is 12.1 Å². The number of hydrogen-bond donors (Lipinski definition) is 1. The number of phenolic OH excluding ortho intramolecular Hbond substituents is 1. The minimum absolute atomic E-state index is 0.101. The van der Waals surface area contributed by atoms with Gasteiger partial charge in [0.1, 0.15) is 5.75 Å². The van der Waals surface area contributed by atoms with Crippen molar-refractivity contribution < 1.29 is 10.0 Å². The minimum atomic E-state index is -0.384. The molecular weight excluding hydrogens is 362 g/mol. The van der Waals surface area contributed by atoms with Gasteiger partial charge in [0.2, 0.25) is 0 Å². The van der Waals surface area contributed by atoms with E-state index >= 15 is 0 Å². The molecule has 0 aliphatic carbocycles. The van der Waals surface area contributed by atoms with E-state index in [-0.39, 0.29) is 10.6 Å². The number of benzene rings is 3. The Kier molecular flexibility index (Phi) is 5.73.